The van der Waals surface area contributed by atoms with E-state index in [9.17, 15) is 22.8 Å². The van der Waals surface area contributed by atoms with Crippen molar-refractivity contribution >= 4 is 17.6 Å². The Balaban J connectivity index is 1.96. The van der Waals surface area contributed by atoms with Crippen molar-refractivity contribution in [3.63, 3.8) is 0 Å². The summed E-state index contributed by atoms with van der Waals surface area (Å²) < 4.78 is 46.4. The number of oxazole rings is 1. The zero-order valence-electron chi connectivity index (χ0n) is 14.7. The van der Waals surface area contributed by atoms with E-state index in [1.54, 1.807) is 18.2 Å². The standard InChI is InChI=1S/C18H12F3N5O3/c1-9-11(15(27)24-17-22-7-8-29-17)16(28)26-14(23-9)12(10-5-3-2-4-6-10)13(25-26)18(19,20)21/h2-8,25H,1H3,(H,22,24,27). The molecule has 4 rings (SSSR count). The number of hydrogen-bond donors (Lipinski definition) is 2. The Morgan fingerprint density at radius 2 is 1.97 bits per heavy atom. The number of aromatic amines is 1. The number of halogens is 3. The van der Waals surface area contributed by atoms with E-state index in [4.69, 9.17) is 4.42 Å². The molecule has 1 amide bonds. The molecule has 0 aliphatic rings. The van der Waals surface area contributed by atoms with Gasteiger partial charge in [0.05, 0.1) is 17.5 Å². The van der Waals surface area contributed by atoms with Gasteiger partial charge in [-0.2, -0.15) is 17.7 Å². The summed E-state index contributed by atoms with van der Waals surface area (Å²) in [6, 6.07) is 7.59. The number of carbonyl (C=O) groups is 1. The van der Waals surface area contributed by atoms with E-state index in [-0.39, 0.29) is 28.5 Å². The molecule has 0 unspecified atom stereocenters. The van der Waals surface area contributed by atoms with Gasteiger partial charge >= 0.3 is 12.2 Å². The maximum atomic E-state index is 13.6. The van der Waals surface area contributed by atoms with Crippen LogP contribution < -0.4 is 10.9 Å². The Morgan fingerprint density at radius 3 is 2.59 bits per heavy atom. The van der Waals surface area contributed by atoms with Gasteiger partial charge in [-0.3, -0.25) is 20.0 Å². The number of H-pyrrole nitrogens is 1. The van der Waals surface area contributed by atoms with Gasteiger partial charge in [-0.25, -0.2) is 9.97 Å². The number of nitrogens with one attached hydrogen (secondary N) is 2. The number of rotatable bonds is 3. The maximum absolute atomic E-state index is 13.6. The van der Waals surface area contributed by atoms with Crippen molar-refractivity contribution < 1.29 is 22.4 Å². The van der Waals surface area contributed by atoms with Crippen molar-refractivity contribution in [2.75, 3.05) is 5.32 Å². The van der Waals surface area contributed by atoms with Crippen LogP contribution in [0, 0.1) is 6.92 Å². The summed E-state index contributed by atoms with van der Waals surface area (Å²) in [5.74, 6) is -0.902. The Bertz CT molecular complexity index is 1260. The molecule has 148 valence electrons. The molecule has 0 saturated carbocycles. The molecule has 0 bridgehead atoms. The lowest BCUT2D eigenvalue weighted by atomic mass is 10.1. The highest BCUT2D eigenvalue weighted by molar-refractivity contribution is 6.03. The average Bonchev–Trinajstić information content (AvgIpc) is 3.29. The van der Waals surface area contributed by atoms with Crippen molar-refractivity contribution in [2.24, 2.45) is 0 Å². The fraction of sp³-hybridized carbons (Fsp3) is 0.111. The van der Waals surface area contributed by atoms with Crippen LogP contribution in [0.2, 0.25) is 0 Å². The number of benzene rings is 1. The molecule has 0 fully saturated rings. The number of aromatic nitrogens is 4. The summed E-state index contributed by atoms with van der Waals surface area (Å²) in [5, 5.41) is 4.31. The normalized spacial score (nSPS) is 11.7. The number of carbonyl (C=O) groups excluding carboxylic acids is 1. The number of fused-ring (bicyclic) bond motifs is 1. The summed E-state index contributed by atoms with van der Waals surface area (Å²) in [6.07, 6.45) is -2.29. The fourth-order valence-corrected chi connectivity index (χ4v) is 2.97. The predicted octanol–water partition coefficient (Wildman–Crippen LogP) is 3.26. The lowest BCUT2D eigenvalue weighted by Gasteiger charge is -2.07. The van der Waals surface area contributed by atoms with E-state index in [1.807, 2.05) is 5.10 Å². The van der Waals surface area contributed by atoms with Gasteiger partial charge in [-0.05, 0) is 12.5 Å². The van der Waals surface area contributed by atoms with Crippen LogP contribution in [-0.4, -0.2) is 25.5 Å². The van der Waals surface area contributed by atoms with Crippen LogP contribution in [0.15, 0.2) is 52.0 Å². The maximum Gasteiger partial charge on any atom is 0.433 e. The lowest BCUT2D eigenvalue weighted by Crippen LogP contribution is -2.29. The van der Waals surface area contributed by atoms with Crippen molar-refractivity contribution in [1.29, 1.82) is 0 Å². The van der Waals surface area contributed by atoms with Crippen molar-refractivity contribution in [1.82, 2.24) is 19.6 Å². The number of amides is 1. The first-order valence-electron chi connectivity index (χ1n) is 8.26. The van der Waals surface area contributed by atoms with Gasteiger partial charge in [0.15, 0.2) is 5.65 Å². The highest BCUT2D eigenvalue weighted by atomic mass is 19.4. The third-order valence-corrected chi connectivity index (χ3v) is 4.19. The number of alkyl halides is 3. The molecule has 4 aromatic rings. The topological polar surface area (TPSA) is 105 Å². The summed E-state index contributed by atoms with van der Waals surface area (Å²) in [4.78, 5) is 33.1. The first kappa shape index (κ1) is 18.5. The molecule has 3 aromatic heterocycles. The highest BCUT2D eigenvalue weighted by Gasteiger charge is 2.38. The van der Waals surface area contributed by atoms with E-state index in [1.165, 1.54) is 31.5 Å². The zero-order valence-corrected chi connectivity index (χ0v) is 14.7. The van der Waals surface area contributed by atoms with Crippen LogP contribution in [0.5, 0.6) is 0 Å². The molecule has 0 atom stereocenters. The first-order chi connectivity index (χ1) is 13.8. The van der Waals surface area contributed by atoms with E-state index >= 15 is 0 Å². The van der Waals surface area contributed by atoms with Crippen LogP contribution in [0.25, 0.3) is 16.8 Å². The second-order valence-electron chi connectivity index (χ2n) is 6.05. The van der Waals surface area contributed by atoms with Crippen LogP contribution in [0.3, 0.4) is 0 Å². The molecule has 0 spiro atoms. The SMILES string of the molecule is Cc1nc2c(-c3ccccc3)c(C(F)(F)F)[nH]n2c(=O)c1C(=O)Nc1ncco1. The van der Waals surface area contributed by atoms with E-state index in [2.05, 4.69) is 15.3 Å². The molecule has 0 radical (unpaired) electrons. The van der Waals surface area contributed by atoms with Gasteiger partial charge in [0.2, 0.25) is 0 Å². The molecule has 2 N–H and O–H groups in total. The molecule has 0 saturated heterocycles. The van der Waals surface area contributed by atoms with E-state index < -0.39 is 28.9 Å². The van der Waals surface area contributed by atoms with Gasteiger partial charge < -0.3 is 4.42 Å². The molecule has 0 aliphatic carbocycles. The van der Waals surface area contributed by atoms with Gasteiger partial charge in [0, 0.05) is 0 Å². The lowest BCUT2D eigenvalue weighted by molar-refractivity contribution is -0.140. The Morgan fingerprint density at radius 1 is 1.24 bits per heavy atom. The Hall–Kier alpha value is -3.89. The second kappa shape index (κ2) is 6.62. The molecule has 1 aromatic carbocycles. The highest BCUT2D eigenvalue weighted by Crippen LogP contribution is 2.38. The smallest absolute Gasteiger partial charge is 0.432 e. The average molecular weight is 403 g/mol. The third-order valence-electron chi connectivity index (χ3n) is 4.19. The first-order valence-corrected chi connectivity index (χ1v) is 8.26. The summed E-state index contributed by atoms with van der Waals surface area (Å²) in [6.45, 7) is 1.36. The largest absolute Gasteiger partial charge is 0.433 e. The number of anilines is 1. The molecular formula is C18H12F3N5O3. The van der Waals surface area contributed by atoms with Gasteiger partial charge in [0.25, 0.3) is 11.5 Å². The summed E-state index contributed by atoms with van der Waals surface area (Å²) in [5.41, 5.74) is -2.89. The molecule has 3 heterocycles. The van der Waals surface area contributed by atoms with Gasteiger partial charge in [-0.1, -0.05) is 30.3 Å². The van der Waals surface area contributed by atoms with Crippen molar-refractivity contribution in [3.8, 4) is 11.1 Å². The summed E-state index contributed by atoms with van der Waals surface area (Å²) >= 11 is 0. The minimum absolute atomic E-state index is 0.0380. The second-order valence-corrected chi connectivity index (χ2v) is 6.05. The monoisotopic (exact) mass is 403 g/mol. The number of aryl methyl sites for hydroxylation is 1. The zero-order chi connectivity index (χ0) is 20.8. The van der Waals surface area contributed by atoms with E-state index in [0.717, 1.165) is 0 Å². The number of nitrogens with zero attached hydrogens (tertiary/aromatic N) is 3. The molecule has 8 nitrogen and oxygen atoms in total. The van der Waals surface area contributed by atoms with E-state index in [0.29, 0.717) is 4.52 Å². The van der Waals surface area contributed by atoms with Crippen molar-refractivity contribution in [2.45, 2.75) is 13.1 Å². The summed E-state index contributed by atoms with van der Waals surface area (Å²) in [7, 11) is 0. The predicted molar refractivity (Wildman–Crippen MR) is 95.4 cm³/mol. The quantitative estimate of drug-likeness (QED) is 0.546. The third kappa shape index (κ3) is 3.16. The fourth-order valence-electron chi connectivity index (χ4n) is 2.97. The van der Waals surface area contributed by atoms with Gasteiger partial charge in [-0.15, -0.1) is 0 Å². The van der Waals surface area contributed by atoms with Crippen LogP contribution in [0.4, 0.5) is 19.2 Å². The Labute approximate surface area is 160 Å². The van der Waals surface area contributed by atoms with Crippen LogP contribution >= 0.6 is 0 Å². The molecular weight excluding hydrogens is 391 g/mol. The Kier molecular flexibility index (Phi) is 4.22. The molecule has 0 aliphatic heterocycles. The number of hydrogen-bond acceptors (Lipinski definition) is 5. The van der Waals surface area contributed by atoms with Crippen LogP contribution in [-0.2, 0) is 6.18 Å². The molecule has 11 heteroatoms. The van der Waals surface area contributed by atoms with Crippen LogP contribution in [0.1, 0.15) is 21.7 Å². The minimum Gasteiger partial charge on any atom is -0.432 e. The van der Waals surface area contributed by atoms with Gasteiger partial charge in [0.1, 0.15) is 17.5 Å². The minimum atomic E-state index is -4.78. The van der Waals surface area contributed by atoms with Crippen molar-refractivity contribution in [3.05, 3.63) is 70.1 Å². The molecule has 29 heavy (non-hydrogen) atoms.